The molecule has 3 atom stereocenters. The molecule has 1 N–H and O–H groups in total. The van der Waals surface area contributed by atoms with Crippen molar-refractivity contribution >= 4 is 11.6 Å². The van der Waals surface area contributed by atoms with Gasteiger partial charge in [-0.15, -0.1) is 0 Å². The highest BCUT2D eigenvalue weighted by atomic mass is 35.5. The standard InChI is InChI=1S/C25H32ClNO3/c1-16(2)18-7-5-17(6-8-18)9-19-10-23-20(11-24(19)26)15-29-25(23)13-21(28)12-22(30-25)14-27(3)4/h5-8,10-11,16,21-22,28H,9,12-15H2,1-4H3/t21-,22-,25+/m0/s1. The number of benzene rings is 2. The van der Waals surface area contributed by atoms with Crippen LogP contribution in [0.15, 0.2) is 36.4 Å². The molecule has 0 saturated carbocycles. The van der Waals surface area contributed by atoms with Gasteiger partial charge in [-0.3, -0.25) is 0 Å². The number of ether oxygens (including phenoxy) is 2. The zero-order chi connectivity index (χ0) is 21.5. The van der Waals surface area contributed by atoms with Gasteiger partial charge in [-0.05, 0) is 60.8 Å². The first kappa shape index (κ1) is 21.8. The van der Waals surface area contributed by atoms with Crippen LogP contribution in [0.2, 0.25) is 5.02 Å². The predicted molar refractivity (Wildman–Crippen MR) is 120 cm³/mol. The van der Waals surface area contributed by atoms with Gasteiger partial charge in [0, 0.05) is 30.0 Å². The van der Waals surface area contributed by atoms with Gasteiger partial charge < -0.3 is 19.5 Å². The topological polar surface area (TPSA) is 41.9 Å². The molecule has 2 aliphatic heterocycles. The molecule has 1 saturated heterocycles. The van der Waals surface area contributed by atoms with Crippen LogP contribution >= 0.6 is 11.6 Å². The summed E-state index contributed by atoms with van der Waals surface area (Å²) in [5.41, 5.74) is 5.69. The molecule has 0 radical (unpaired) electrons. The lowest BCUT2D eigenvalue weighted by Crippen LogP contribution is -2.47. The Balaban J connectivity index is 1.62. The van der Waals surface area contributed by atoms with Gasteiger partial charge in [0.2, 0.25) is 0 Å². The van der Waals surface area contributed by atoms with Gasteiger partial charge in [-0.1, -0.05) is 49.7 Å². The van der Waals surface area contributed by atoms with Crippen LogP contribution in [0.4, 0.5) is 0 Å². The minimum Gasteiger partial charge on any atom is -0.393 e. The number of nitrogens with zero attached hydrogens (tertiary/aromatic N) is 1. The van der Waals surface area contributed by atoms with Crippen molar-refractivity contribution in [3.05, 3.63) is 69.2 Å². The molecular weight excluding hydrogens is 398 g/mol. The van der Waals surface area contributed by atoms with E-state index in [4.69, 9.17) is 21.1 Å². The van der Waals surface area contributed by atoms with E-state index >= 15 is 0 Å². The summed E-state index contributed by atoms with van der Waals surface area (Å²) in [7, 11) is 4.03. The summed E-state index contributed by atoms with van der Waals surface area (Å²) >= 11 is 6.64. The normalized spacial score (nSPS) is 26.0. The lowest BCUT2D eigenvalue weighted by Gasteiger charge is -2.41. The Morgan fingerprint density at radius 2 is 1.93 bits per heavy atom. The Morgan fingerprint density at radius 1 is 1.20 bits per heavy atom. The molecule has 2 aliphatic rings. The quantitative estimate of drug-likeness (QED) is 0.738. The van der Waals surface area contributed by atoms with Crippen LogP contribution in [0.1, 0.15) is 60.4 Å². The number of hydrogen-bond acceptors (Lipinski definition) is 4. The van der Waals surface area contributed by atoms with Crippen LogP contribution < -0.4 is 0 Å². The van der Waals surface area contributed by atoms with Crippen LogP contribution in [0.25, 0.3) is 0 Å². The summed E-state index contributed by atoms with van der Waals surface area (Å²) in [6, 6.07) is 12.9. The maximum atomic E-state index is 10.6. The van der Waals surface area contributed by atoms with Crippen LogP contribution in [0.5, 0.6) is 0 Å². The molecule has 0 unspecified atom stereocenters. The van der Waals surface area contributed by atoms with Gasteiger partial charge in [0.1, 0.15) is 0 Å². The smallest absolute Gasteiger partial charge is 0.198 e. The van der Waals surface area contributed by atoms with E-state index in [1.807, 2.05) is 20.2 Å². The maximum absolute atomic E-state index is 10.6. The van der Waals surface area contributed by atoms with Crippen molar-refractivity contribution in [2.24, 2.45) is 0 Å². The van der Waals surface area contributed by atoms with Crippen molar-refractivity contribution in [2.45, 2.75) is 63.6 Å². The Hall–Kier alpha value is -1.43. The second kappa shape index (κ2) is 8.60. The number of aliphatic hydroxyl groups excluding tert-OH is 1. The molecule has 0 amide bonds. The van der Waals surface area contributed by atoms with Gasteiger partial charge in [0.05, 0.1) is 18.8 Å². The number of hydrogen-bond donors (Lipinski definition) is 1. The number of aliphatic hydroxyl groups is 1. The van der Waals surface area contributed by atoms with Crippen molar-refractivity contribution in [2.75, 3.05) is 20.6 Å². The highest BCUT2D eigenvalue weighted by Crippen LogP contribution is 2.47. The number of likely N-dealkylation sites (N-methyl/N-ethyl adjacent to an activating group) is 1. The average molecular weight is 430 g/mol. The third kappa shape index (κ3) is 4.44. The Labute approximate surface area is 184 Å². The molecule has 0 aliphatic carbocycles. The molecule has 30 heavy (non-hydrogen) atoms. The van der Waals surface area contributed by atoms with Crippen molar-refractivity contribution in [1.29, 1.82) is 0 Å². The lowest BCUT2D eigenvalue weighted by molar-refractivity contribution is -0.299. The summed E-state index contributed by atoms with van der Waals surface area (Å²) in [4.78, 5) is 2.08. The van der Waals surface area contributed by atoms with Crippen LogP contribution in [-0.4, -0.2) is 42.9 Å². The molecule has 1 fully saturated rings. The van der Waals surface area contributed by atoms with Crippen LogP contribution in [0.3, 0.4) is 0 Å². The monoisotopic (exact) mass is 429 g/mol. The van der Waals surface area contributed by atoms with Crippen molar-refractivity contribution in [1.82, 2.24) is 4.90 Å². The summed E-state index contributed by atoms with van der Waals surface area (Å²) < 4.78 is 12.6. The van der Waals surface area contributed by atoms with Gasteiger partial charge in [0.15, 0.2) is 5.79 Å². The Morgan fingerprint density at radius 3 is 2.60 bits per heavy atom. The summed E-state index contributed by atoms with van der Waals surface area (Å²) in [6.45, 7) is 5.61. The highest BCUT2D eigenvalue weighted by Gasteiger charge is 2.48. The van der Waals surface area contributed by atoms with E-state index in [2.05, 4.69) is 49.1 Å². The van der Waals surface area contributed by atoms with E-state index in [-0.39, 0.29) is 6.10 Å². The molecule has 2 aromatic rings. The SMILES string of the molecule is CC(C)c1ccc(Cc2cc3c(cc2Cl)CO[C@@]32C[C@@H](O)C[C@@H](CN(C)C)O2)cc1. The first-order valence-electron chi connectivity index (χ1n) is 10.8. The third-order valence-corrected chi connectivity index (χ3v) is 6.50. The van der Waals surface area contributed by atoms with E-state index in [0.29, 0.717) is 25.4 Å². The third-order valence-electron chi connectivity index (χ3n) is 6.15. The van der Waals surface area contributed by atoms with Crippen molar-refractivity contribution < 1.29 is 14.6 Å². The highest BCUT2D eigenvalue weighted by molar-refractivity contribution is 6.31. The summed E-state index contributed by atoms with van der Waals surface area (Å²) in [6.07, 6.45) is 1.31. The maximum Gasteiger partial charge on any atom is 0.198 e. The minimum absolute atomic E-state index is 0.0718. The molecule has 4 rings (SSSR count). The molecule has 162 valence electrons. The number of halogens is 1. The first-order chi connectivity index (χ1) is 14.3. The molecule has 2 aromatic carbocycles. The van der Waals surface area contributed by atoms with Gasteiger partial charge in [-0.2, -0.15) is 0 Å². The van der Waals surface area contributed by atoms with Crippen molar-refractivity contribution in [3.63, 3.8) is 0 Å². The Kier molecular flexibility index (Phi) is 6.25. The second-order valence-electron chi connectivity index (χ2n) is 9.31. The minimum atomic E-state index is -0.880. The largest absolute Gasteiger partial charge is 0.393 e. The van der Waals surface area contributed by atoms with E-state index in [1.54, 1.807) is 0 Å². The van der Waals surface area contributed by atoms with Crippen molar-refractivity contribution in [3.8, 4) is 0 Å². The number of fused-ring (bicyclic) bond motifs is 2. The average Bonchev–Trinajstić information content (AvgIpc) is 2.98. The van der Waals surface area contributed by atoms with Gasteiger partial charge in [0.25, 0.3) is 0 Å². The van der Waals surface area contributed by atoms with E-state index < -0.39 is 11.9 Å². The zero-order valence-corrected chi connectivity index (χ0v) is 19.1. The van der Waals surface area contributed by atoms with Gasteiger partial charge in [-0.25, -0.2) is 0 Å². The van der Waals surface area contributed by atoms with Crippen LogP contribution in [-0.2, 0) is 28.3 Å². The fourth-order valence-corrected chi connectivity index (χ4v) is 4.88. The van der Waals surface area contributed by atoms with E-state index in [0.717, 1.165) is 34.7 Å². The van der Waals surface area contributed by atoms with Crippen LogP contribution in [0, 0.1) is 0 Å². The lowest BCUT2D eigenvalue weighted by atomic mass is 9.89. The fraction of sp³-hybridized carbons (Fsp3) is 0.520. The summed E-state index contributed by atoms with van der Waals surface area (Å²) in [5, 5.41) is 11.3. The fourth-order valence-electron chi connectivity index (χ4n) is 4.63. The van der Waals surface area contributed by atoms with E-state index in [9.17, 15) is 5.11 Å². The summed E-state index contributed by atoms with van der Waals surface area (Å²) in [5.74, 6) is -0.362. The Bertz CT molecular complexity index is 894. The number of rotatable bonds is 5. The predicted octanol–water partition coefficient (Wildman–Crippen LogP) is 4.84. The molecule has 4 nitrogen and oxygen atoms in total. The molecular formula is C25H32ClNO3. The molecule has 5 heteroatoms. The molecule has 0 aromatic heterocycles. The second-order valence-corrected chi connectivity index (χ2v) is 9.72. The van der Waals surface area contributed by atoms with Gasteiger partial charge >= 0.3 is 0 Å². The molecule has 0 bridgehead atoms. The zero-order valence-electron chi connectivity index (χ0n) is 18.3. The van der Waals surface area contributed by atoms with E-state index in [1.165, 1.54) is 11.1 Å². The first-order valence-corrected chi connectivity index (χ1v) is 11.2. The molecule has 2 heterocycles. The molecule has 1 spiro atoms.